The van der Waals surface area contributed by atoms with E-state index in [9.17, 15) is 22.0 Å². The molecule has 28 heavy (non-hydrogen) atoms. The van der Waals surface area contributed by atoms with Gasteiger partial charge >= 0.3 is 12.1 Å². The predicted molar refractivity (Wildman–Crippen MR) is 94.5 cm³/mol. The summed E-state index contributed by atoms with van der Waals surface area (Å²) in [6, 6.07) is 17.7. The van der Waals surface area contributed by atoms with Gasteiger partial charge in [0.2, 0.25) is 0 Å². The lowest BCUT2D eigenvalue weighted by atomic mass is 10.0. The maximum absolute atomic E-state index is 13.5. The molecule has 148 valence electrons. The van der Waals surface area contributed by atoms with Crippen molar-refractivity contribution in [2.45, 2.75) is 19.3 Å². The molecule has 3 aromatic carbocycles. The van der Waals surface area contributed by atoms with E-state index in [1.54, 1.807) is 0 Å². The lowest BCUT2D eigenvalue weighted by Gasteiger charge is -2.09. The number of carbonyl (C=O) groups is 1. The van der Waals surface area contributed by atoms with E-state index in [4.69, 9.17) is 9.90 Å². The highest BCUT2D eigenvalue weighted by Gasteiger charge is 2.38. The topological polar surface area (TPSA) is 49.3 Å². The first-order valence-corrected chi connectivity index (χ1v) is 8.10. The number of carboxylic acids is 1. The third-order valence-electron chi connectivity index (χ3n) is 3.76. The molecule has 0 aliphatic carbocycles. The SMILES string of the molecule is Fc1ccc(F)c(CNCc2cccc3ccccc23)c1.O=C(O)C(F)(F)F. The standard InChI is InChI=1S/C18H15F2N.C2HF3O2/c19-16-8-9-18(20)15(10-16)12-21-11-14-6-3-5-13-4-1-2-7-17(13)14;3-2(4,5)1(6)7/h1-10,21H,11-12H2;(H,6,7). The molecule has 0 amide bonds. The summed E-state index contributed by atoms with van der Waals surface area (Å²) in [7, 11) is 0. The lowest BCUT2D eigenvalue weighted by Crippen LogP contribution is -2.21. The predicted octanol–water partition coefficient (Wildman–Crippen LogP) is 5.04. The molecular weight excluding hydrogens is 381 g/mol. The van der Waals surface area contributed by atoms with Crippen LogP contribution in [0.15, 0.2) is 60.7 Å². The average Bonchev–Trinajstić information content (AvgIpc) is 2.64. The monoisotopic (exact) mass is 397 g/mol. The Morgan fingerprint density at radius 1 is 0.893 bits per heavy atom. The molecule has 0 atom stereocenters. The molecule has 0 spiro atoms. The van der Waals surface area contributed by atoms with E-state index in [-0.39, 0.29) is 5.82 Å². The Morgan fingerprint density at radius 3 is 2.18 bits per heavy atom. The Balaban J connectivity index is 0.000000345. The van der Waals surface area contributed by atoms with E-state index < -0.39 is 18.0 Å². The normalized spacial score (nSPS) is 11.0. The number of carboxylic acid groups (broad SMARTS) is 1. The van der Waals surface area contributed by atoms with Gasteiger partial charge < -0.3 is 10.4 Å². The third kappa shape index (κ3) is 6.02. The number of rotatable bonds is 4. The van der Waals surface area contributed by atoms with E-state index >= 15 is 0 Å². The molecule has 3 nitrogen and oxygen atoms in total. The second-order valence-electron chi connectivity index (χ2n) is 5.78. The first kappa shape index (κ1) is 21.3. The minimum Gasteiger partial charge on any atom is -0.475 e. The van der Waals surface area contributed by atoms with Crippen molar-refractivity contribution < 1.29 is 31.9 Å². The largest absolute Gasteiger partial charge is 0.490 e. The van der Waals surface area contributed by atoms with Crippen molar-refractivity contribution in [3.63, 3.8) is 0 Å². The summed E-state index contributed by atoms with van der Waals surface area (Å²) >= 11 is 0. The lowest BCUT2D eigenvalue weighted by molar-refractivity contribution is -0.192. The van der Waals surface area contributed by atoms with Gasteiger partial charge in [-0.3, -0.25) is 0 Å². The number of nitrogens with one attached hydrogen (secondary N) is 1. The van der Waals surface area contributed by atoms with Gasteiger partial charge in [0.1, 0.15) is 11.6 Å². The Kier molecular flexibility index (Phi) is 7.06. The molecule has 0 saturated heterocycles. The van der Waals surface area contributed by atoms with Crippen molar-refractivity contribution in [1.82, 2.24) is 5.32 Å². The van der Waals surface area contributed by atoms with E-state index in [1.165, 1.54) is 16.8 Å². The van der Waals surface area contributed by atoms with Crippen molar-refractivity contribution in [3.8, 4) is 0 Å². The second-order valence-corrected chi connectivity index (χ2v) is 5.78. The van der Waals surface area contributed by atoms with Gasteiger partial charge in [-0.2, -0.15) is 13.2 Å². The maximum Gasteiger partial charge on any atom is 0.490 e. The highest BCUT2D eigenvalue weighted by Crippen LogP contribution is 2.18. The van der Waals surface area contributed by atoms with E-state index in [2.05, 4.69) is 23.5 Å². The van der Waals surface area contributed by atoms with Crippen molar-refractivity contribution in [1.29, 1.82) is 0 Å². The molecule has 0 bridgehead atoms. The van der Waals surface area contributed by atoms with Crippen molar-refractivity contribution >= 4 is 16.7 Å². The van der Waals surface area contributed by atoms with Gasteiger partial charge in [0.05, 0.1) is 0 Å². The zero-order valence-corrected chi connectivity index (χ0v) is 14.4. The maximum atomic E-state index is 13.5. The fraction of sp³-hybridized carbons (Fsp3) is 0.150. The number of halogens is 5. The van der Waals surface area contributed by atoms with Crippen LogP contribution in [0, 0.1) is 11.6 Å². The number of aliphatic carboxylic acids is 1. The third-order valence-corrected chi connectivity index (χ3v) is 3.76. The van der Waals surface area contributed by atoms with E-state index in [0.29, 0.717) is 18.7 Å². The van der Waals surface area contributed by atoms with Gasteiger partial charge in [-0.25, -0.2) is 13.6 Å². The van der Waals surface area contributed by atoms with Gasteiger partial charge in [0.15, 0.2) is 0 Å². The van der Waals surface area contributed by atoms with Gasteiger partial charge in [0.25, 0.3) is 0 Å². The Labute approximate surface area is 157 Å². The highest BCUT2D eigenvalue weighted by molar-refractivity contribution is 5.85. The molecule has 0 saturated carbocycles. The first-order chi connectivity index (χ1) is 13.2. The minimum atomic E-state index is -5.08. The van der Waals surface area contributed by atoms with Crippen LogP contribution in [0.4, 0.5) is 22.0 Å². The summed E-state index contributed by atoms with van der Waals surface area (Å²) in [5.41, 5.74) is 1.49. The number of alkyl halides is 3. The molecule has 3 rings (SSSR count). The molecule has 0 aliphatic rings. The van der Waals surface area contributed by atoms with Crippen LogP contribution in [0.3, 0.4) is 0 Å². The van der Waals surface area contributed by atoms with Crippen molar-refractivity contribution in [2.75, 3.05) is 0 Å². The summed E-state index contributed by atoms with van der Waals surface area (Å²) < 4.78 is 58.4. The second kappa shape index (κ2) is 9.27. The van der Waals surface area contributed by atoms with Gasteiger partial charge in [0, 0.05) is 18.7 Å². The van der Waals surface area contributed by atoms with Gasteiger partial charge in [-0.15, -0.1) is 0 Å². The summed E-state index contributed by atoms with van der Waals surface area (Å²) in [5.74, 6) is -3.56. The molecule has 0 aromatic heterocycles. The fourth-order valence-corrected chi connectivity index (χ4v) is 2.46. The van der Waals surface area contributed by atoms with Gasteiger partial charge in [-0.05, 0) is 34.5 Å². The first-order valence-electron chi connectivity index (χ1n) is 8.10. The molecular formula is C20H16F5NO2. The zero-order valence-electron chi connectivity index (χ0n) is 14.4. The highest BCUT2D eigenvalue weighted by atomic mass is 19.4. The number of fused-ring (bicyclic) bond motifs is 1. The molecule has 2 N–H and O–H groups in total. The van der Waals surface area contributed by atoms with Crippen LogP contribution in [-0.4, -0.2) is 17.3 Å². The number of hydrogen-bond donors (Lipinski definition) is 2. The Hall–Kier alpha value is -3.00. The summed E-state index contributed by atoms with van der Waals surface area (Å²) in [6.07, 6.45) is -5.08. The molecule has 0 aliphatic heterocycles. The van der Waals surface area contributed by atoms with Crippen LogP contribution in [0.25, 0.3) is 10.8 Å². The summed E-state index contributed by atoms with van der Waals surface area (Å²) in [6.45, 7) is 0.907. The Bertz CT molecular complexity index is 951. The molecule has 0 radical (unpaired) electrons. The Morgan fingerprint density at radius 2 is 1.50 bits per heavy atom. The average molecular weight is 397 g/mol. The minimum absolute atomic E-state index is 0.298. The molecule has 0 heterocycles. The molecule has 3 aromatic rings. The quantitative estimate of drug-likeness (QED) is 0.607. The van der Waals surface area contributed by atoms with Crippen LogP contribution in [-0.2, 0) is 17.9 Å². The van der Waals surface area contributed by atoms with Crippen LogP contribution in [0.5, 0.6) is 0 Å². The summed E-state index contributed by atoms with van der Waals surface area (Å²) in [5, 5.41) is 12.6. The van der Waals surface area contributed by atoms with E-state index in [0.717, 1.165) is 17.7 Å². The zero-order chi connectivity index (χ0) is 20.7. The number of benzene rings is 3. The molecule has 0 unspecified atom stereocenters. The van der Waals surface area contributed by atoms with Crippen molar-refractivity contribution in [3.05, 3.63) is 83.4 Å². The van der Waals surface area contributed by atoms with Crippen molar-refractivity contribution in [2.24, 2.45) is 0 Å². The van der Waals surface area contributed by atoms with Crippen LogP contribution < -0.4 is 5.32 Å². The fourth-order valence-electron chi connectivity index (χ4n) is 2.46. The summed E-state index contributed by atoms with van der Waals surface area (Å²) in [4.78, 5) is 8.90. The van der Waals surface area contributed by atoms with Crippen LogP contribution in [0.1, 0.15) is 11.1 Å². The smallest absolute Gasteiger partial charge is 0.475 e. The molecule has 0 fully saturated rings. The van der Waals surface area contributed by atoms with Crippen LogP contribution in [0.2, 0.25) is 0 Å². The van der Waals surface area contributed by atoms with Crippen LogP contribution >= 0.6 is 0 Å². The molecule has 8 heteroatoms. The van der Waals surface area contributed by atoms with Gasteiger partial charge in [-0.1, -0.05) is 42.5 Å². The number of hydrogen-bond acceptors (Lipinski definition) is 2. The van der Waals surface area contributed by atoms with E-state index in [1.807, 2.05) is 24.3 Å².